The highest BCUT2D eigenvalue weighted by Gasteiger charge is 2.30. The number of hydrogen-bond donors (Lipinski definition) is 0. The van der Waals surface area contributed by atoms with Gasteiger partial charge >= 0.3 is 6.18 Å². The van der Waals surface area contributed by atoms with E-state index in [-0.39, 0.29) is 11.5 Å². The SMILES string of the molecule is COc1ccccc1/C=C/c1nc2ccccc2c(=O)n1-c1cccc(C(F)(F)F)c1. The average Bonchev–Trinajstić information content (AvgIpc) is 2.77. The lowest BCUT2D eigenvalue weighted by Crippen LogP contribution is -2.22. The summed E-state index contributed by atoms with van der Waals surface area (Å²) in [7, 11) is 1.54. The average molecular weight is 422 g/mol. The summed E-state index contributed by atoms with van der Waals surface area (Å²) in [5.41, 5.74) is -0.0227. The molecule has 31 heavy (non-hydrogen) atoms. The molecule has 0 aliphatic rings. The van der Waals surface area contributed by atoms with E-state index < -0.39 is 17.3 Å². The predicted molar refractivity (Wildman–Crippen MR) is 114 cm³/mol. The first-order valence-electron chi connectivity index (χ1n) is 9.39. The largest absolute Gasteiger partial charge is 0.496 e. The number of methoxy groups -OCH3 is 1. The summed E-state index contributed by atoms with van der Waals surface area (Å²) in [4.78, 5) is 17.8. The third-order valence-electron chi connectivity index (χ3n) is 4.78. The zero-order valence-electron chi connectivity index (χ0n) is 16.4. The van der Waals surface area contributed by atoms with E-state index >= 15 is 0 Å². The van der Waals surface area contributed by atoms with Crippen molar-refractivity contribution in [2.75, 3.05) is 7.11 Å². The second-order valence-electron chi connectivity index (χ2n) is 6.75. The van der Waals surface area contributed by atoms with Crippen LogP contribution in [0.5, 0.6) is 5.75 Å². The summed E-state index contributed by atoms with van der Waals surface area (Å²) in [6.07, 6.45) is -1.23. The molecule has 4 aromatic rings. The Balaban J connectivity index is 1.95. The molecule has 0 atom stereocenters. The molecule has 0 amide bonds. The van der Waals surface area contributed by atoms with Gasteiger partial charge in [-0.1, -0.05) is 36.4 Å². The maximum Gasteiger partial charge on any atom is 0.416 e. The number of fused-ring (bicyclic) bond motifs is 1. The fourth-order valence-corrected chi connectivity index (χ4v) is 3.30. The highest BCUT2D eigenvalue weighted by Crippen LogP contribution is 2.30. The smallest absolute Gasteiger partial charge is 0.416 e. The van der Waals surface area contributed by atoms with Crippen LogP contribution in [0.3, 0.4) is 0 Å². The molecule has 1 aromatic heterocycles. The number of nitrogens with zero attached hydrogens (tertiary/aromatic N) is 2. The predicted octanol–water partition coefficient (Wildman–Crippen LogP) is 5.58. The number of rotatable bonds is 4. The van der Waals surface area contributed by atoms with Gasteiger partial charge in [0.25, 0.3) is 5.56 Å². The van der Waals surface area contributed by atoms with E-state index in [0.717, 1.165) is 17.7 Å². The Labute approximate surface area is 175 Å². The van der Waals surface area contributed by atoms with Crippen LogP contribution in [0.4, 0.5) is 13.2 Å². The minimum atomic E-state index is -4.53. The van der Waals surface area contributed by atoms with Gasteiger partial charge in [0.05, 0.1) is 29.3 Å². The van der Waals surface area contributed by atoms with Gasteiger partial charge < -0.3 is 4.74 Å². The molecule has 0 fully saturated rings. The van der Waals surface area contributed by atoms with Gasteiger partial charge in [-0.25, -0.2) is 4.98 Å². The highest BCUT2D eigenvalue weighted by molar-refractivity contribution is 5.80. The third-order valence-corrected chi connectivity index (χ3v) is 4.78. The van der Waals surface area contributed by atoms with E-state index in [0.29, 0.717) is 16.7 Å². The van der Waals surface area contributed by atoms with Gasteiger partial charge in [-0.3, -0.25) is 9.36 Å². The molecule has 0 aliphatic heterocycles. The van der Waals surface area contributed by atoms with Crippen LogP contribution in [0.2, 0.25) is 0 Å². The first-order chi connectivity index (χ1) is 14.9. The van der Waals surface area contributed by atoms with Crippen molar-refractivity contribution >= 4 is 23.1 Å². The summed E-state index contributed by atoms with van der Waals surface area (Å²) >= 11 is 0. The molecule has 156 valence electrons. The number of aromatic nitrogens is 2. The zero-order chi connectivity index (χ0) is 22.0. The molecule has 4 nitrogen and oxygen atoms in total. The lowest BCUT2D eigenvalue weighted by molar-refractivity contribution is -0.137. The molecule has 0 aliphatic carbocycles. The quantitative estimate of drug-likeness (QED) is 0.431. The van der Waals surface area contributed by atoms with Crippen molar-refractivity contribution in [1.82, 2.24) is 9.55 Å². The summed E-state index contributed by atoms with van der Waals surface area (Å²) in [6, 6.07) is 18.6. The Morgan fingerprint density at radius 1 is 0.935 bits per heavy atom. The van der Waals surface area contributed by atoms with Crippen molar-refractivity contribution < 1.29 is 17.9 Å². The molecule has 3 aromatic carbocycles. The van der Waals surface area contributed by atoms with Crippen LogP contribution in [0.15, 0.2) is 77.6 Å². The molecule has 0 spiro atoms. The normalized spacial score (nSPS) is 11.9. The molecule has 0 N–H and O–H groups in total. The summed E-state index contributed by atoms with van der Waals surface area (Å²) < 4.78 is 46.3. The zero-order valence-corrected chi connectivity index (χ0v) is 16.4. The number of hydrogen-bond acceptors (Lipinski definition) is 3. The van der Waals surface area contributed by atoms with Gasteiger partial charge in [0.2, 0.25) is 0 Å². The summed E-state index contributed by atoms with van der Waals surface area (Å²) in [5.74, 6) is 0.821. The maximum absolute atomic E-state index is 13.3. The molecule has 0 unspecified atom stereocenters. The molecule has 1 heterocycles. The van der Waals surface area contributed by atoms with Crippen LogP contribution >= 0.6 is 0 Å². The standard InChI is InChI=1S/C24H17F3N2O2/c1-31-21-12-5-2-7-16(21)13-14-22-28-20-11-4-3-10-19(20)23(30)29(22)18-9-6-8-17(15-18)24(25,26)27/h2-15H,1H3/b14-13+. The van der Waals surface area contributed by atoms with Gasteiger partial charge in [-0.2, -0.15) is 13.2 Å². The van der Waals surface area contributed by atoms with E-state index in [1.165, 1.54) is 16.7 Å². The van der Waals surface area contributed by atoms with Crippen LogP contribution < -0.4 is 10.3 Å². The second kappa shape index (κ2) is 8.10. The van der Waals surface area contributed by atoms with E-state index in [4.69, 9.17) is 4.74 Å². The molecular formula is C24H17F3N2O2. The number of para-hydroxylation sites is 2. The van der Waals surface area contributed by atoms with E-state index in [1.54, 1.807) is 49.6 Å². The highest BCUT2D eigenvalue weighted by atomic mass is 19.4. The van der Waals surface area contributed by atoms with Crippen molar-refractivity contribution in [2.45, 2.75) is 6.18 Å². The summed E-state index contributed by atoms with van der Waals surface area (Å²) in [5, 5.41) is 0.314. The van der Waals surface area contributed by atoms with Gasteiger partial charge in [0.15, 0.2) is 0 Å². The first-order valence-corrected chi connectivity index (χ1v) is 9.39. The van der Waals surface area contributed by atoms with E-state index in [2.05, 4.69) is 4.98 Å². The second-order valence-corrected chi connectivity index (χ2v) is 6.75. The number of benzene rings is 3. The fraction of sp³-hybridized carbons (Fsp3) is 0.0833. The van der Waals surface area contributed by atoms with Crippen molar-refractivity contribution in [3.05, 3.63) is 100 Å². The van der Waals surface area contributed by atoms with Crippen LogP contribution in [-0.2, 0) is 6.18 Å². The minimum Gasteiger partial charge on any atom is -0.496 e. The molecule has 0 saturated heterocycles. The monoisotopic (exact) mass is 422 g/mol. The van der Waals surface area contributed by atoms with Crippen LogP contribution in [-0.4, -0.2) is 16.7 Å². The van der Waals surface area contributed by atoms with Crippen LogP contribution in [0.25, 0.3) is 28.7 Å². The molecule has 7 heteroatoms. The molecule has 0 saturated carbocycles. The Morgan fingerprint density at radius 2 is 1.68 bits per heavy atom. The lowest BCUT2D eigenvalue weighted by atomic mass is 10.1. The minimum absolute atomic E-state index is 0.0813. The van der Waals surface area contributed by atoms with Crippen molar-refractivity contribution in [2.24, 2.45) is 0 Å². The van der Waals surface area contributed by atoms with E-state index in [1.807, 2.05) is 18.2 Å². The van der Waals surface area contributed by atoms with Gasteiger partial charge in [0.1, 0.15) is 11.6 Å². The topological polar surface area (TPSA) is 44.1 Å². The van der Waals surface area contributed by atoms with Crippen LogP contribution in [0, 0.1) is 0 Å². The Bertz CT molecular complexity index is 1340. The Morgan fingerprint density at radius 3 is 2.45 bits per heavy atom. The number of ether oxygens (including phenoxy) is 1. The molecular weight excluding hydrogens is 405 g/mol. The maximum atomic E-state index is 13.3. The third kappa shape index (κ3) is 4.07. The first kappa shape index (κ1) is 20.4. The van der Waals surface area contributed by atoms with Crippen molar-refractivity contribution in [3.63, 3.8) is 0 Å². The lowest BCUT2D eigenvalue weighted by Gasteiger charge is -2.14. The fourth-order valence-electron chi connectivity index (χ4n) is 3.30. The van der Waals surface area contributed by atoms with Gasteiger partial charge in [-0.15, -0.1) is 0 Å². The van der Waals surface area contributed by atoms with Crippen molar-refractivity contribution in [1.29, 1.82) is 0 Å². The Kier molecular flexibility index (Phi) is 5.33. The Hall–Kier alpha value is -3.87. The van der Waals surface area contributed by atoms with Gasteiger partial charge in [0, 0.05) is 5.56 Å². The van der Waals surface area contributed by atoms with E-state index in [9.17, 15) is 18.0 Å². The van der Waals surface area contributed by atoms with Gasteiger partial charge in [-0.05, 0) is 48.6 Å². The van der Waals surface area contributed by atoms with Crippen molar-refractivity contribution in [3.8, 4) is 11.4 Å². The molecule has 4 rings (SSSR count). The number of halogens is 3. The molecule has 0 radical (unpaired) electrons. The number of alkyl halides is 3. The van der Waals surface area contributed by atoms with Crippen LogP contribution in [0.1, 0.15) is 17.0 Å². The molecule has 0 bridgehead atoms. The summed E-state index contributed by atoms with van der Waals surface area (Å²) in [6.45, 7) is 0.